The second-order valence-electron chi connectivity index (χ2n) is 5.39. The number of hydrogen-bond acceptors (Lipinski definition) is 3. The van der Waals surface area contributed by atoms with Gasteiger partial charge in [-0.25, -0.2) is 0 Å². The maximum atomic E-state index is 11.9. The first-order chi connectivity index (χ1) is 9.32. The van der Waals surface area contributed by atoms with E-state index in [1.807, 2.05) is 37.1 Å². The number of carbonyl (C=O) groups excluding carboxylic acids is 1. The average Bonchev–Trinajstić information content (AvgIpc) is 2.35. The number of para-hydroxylation sites is 1. The normalized spacial score (nSPS) is 10.4. The molecular weight excluding hydrogens is 270 g/mol. The van der Waals surface area contributed by atoms with Crippen molar-refractivity contribution in [3.63, 3.8) is 0 Å². The number of benzene rings is 1. The number of nitrogens with zero attached hydrogens (tertiary/aromatic N) is 1. The topological polar surface area (TPSA) is 58.4 Å². The minimum Gasteiger partial charge on any atom is -0.389 e. The van der Waals surface area contributed by atoms with Gasteiger partial charge in [-0.05, 0) is 24.5 Å². The lowest BCUT2D eigenvalue weighted by Gasteiger charge is -2.24. The first-order valence-corrected chi connectivity index (χ1v) is 7.11. The Labute approximate surface area is 126 Å². The number of nitrogens with one attached hydrogen (secondary N) is 1. The Morgan fingerprint density at radius 1 is 1.45 bits per heavy atom. The fourth-order valence-corrected chi connectivity index (χ4v) is 2.20. The zero-order valence-corrected chi connectivity index (χ0v) is 13.4. The molecule has 20 heavy (non-hydrogen) atoms. The third-order valence-corrected chi connectivity index (χ3v) is 3.19. The quantitative estimate of drug-likeness (QED) is 0.786. The van der Waals surface area contributed by atoms with Gasteiger partial charge in [0.05, 0.1) is 12.2 Å². The number of thiocarbonyl (C=S) groups is 1. The molecule has 0 fully saturated rings. The molecule has 1 amide bonds. The highest BCUT2D eigenvalue weighted by Gasteiger charge is 2.14. The van der Waals surface area contributed by atoms with Crippen molar-refractivity contribution in [1.82, 2.24) is 5.32 Å². The molecular formula is C15H23N3OS. The van der Waals surface area contributed by atoms with E-state index in [0.29, 0.717) is 17.5 Å². The predicted octanol–water partition coefficient (Wildman–Crippen LogP) is 1.84. The highest BCUT2D eigenvalue weighted by Crippen LogP contribution is 2.23. The third-order valence-electron chi connectivity index (χ3n) is 2.97. The van der Waals surface area contributed by atoms with Crippen molar-refractivity contribution in [3.05, 3.63) is 29.3 Å². The minimum atomic E-state index is -0.00153. The predicted molar refractivity (Wildman–Crippen MR) is 88.2 cm³/mol. The van der Waals surface area contributed by atoms with E-state index in [9.17, 15) is 4.79 Å². The summed E-state index contributed by atoms with van der Waals surface area (Å²) in [6.45, 7) is 7.09. The molecule has 0 unspecified atom stereocenters. The summed E-state index contributed by atoms with van der Waals surface area (Å²) in [5.41, 5.74) is 8.53. The summed E-state index contributed by atoms with van der Waals surface area (Å²) < 4.78 is 0. The molecule has 0 bridgehead atoms. The van der Waals surface area contributed by atoms with Crippen LogP contribution in [-0.4, -0.2) is 31.0 Å². The SMILES string of the molecule is Cc1cccc(C(N)=S)c1N(C)CC(=O)NCC(C)C. The Morgan fingerprint density at radius 2 is 2.10 bits per heavy atom. The molecule has 1 aromatic rings. The second kappa shape index (κ2) is 7.24. The summed E-state index contributed by atoms with van der Waals surface area (Å²) >= 11 is 5.08. The van der Waals surface area contributed by atoms with E-state index >= 15 is 0 Å². The van der Waals surface area contributed by atoms with Crippen molar-refractivity contribution in [2.75, 3.05) is 25.0 Å². The molecule has 3 N–H and O–H groups in total. The van der Waals surface area contributed by atoms with Crippen molar-refractivity contribution in [1.29, 1.82) is 0 Å². The highest BCUT2D eigenvalue weighted by molar-refractivity contribution is 7.80. The van der Waals surface area contributed by atoms with Crippen molar-refractivity contribution in [2.24, 2.45) is 11.7 Å². The van der Waals surface area contributed by atoms with Gasteiger partial charge in [0.15, 0.2) is 0 Å². The summed E-state index contributed by atoms with van der Waals surface area (Å²) in [5, 5.41) is 2.91. The molecule has 0 spiro atoms. The molecule has 0 aliphatic carbocycles. The molecule has 0 aliphatic rings. The zero-order chi connectivity index (χ0) is 15.3. The van der Waals surface area contributed by atoms with E-state index in [4.69, 9.17) is 18.0 Å². The van der Waals surface area contributed by atoms with Crippen LogP contribution in [0.1, 0.15) is 25.0 Å². The van der Waals surface area contributed by atoms with E-state index in [2.05, 4.69) is 19.2 Å². The van der Waals surface area contributed by atoms with Gasteiger partial charge in [-0.3, -0.25) is 4.79 Å². The Kier molecular flexibility index (Phi) is 5.95. The minimum absolute atomic E-state index is 0.00153. The van der Waals surface area contributed by atoms with Crippen LogP contribution in [0.25, 0.3) is 0 Å². The molecule has 0 heterocycles. The lowest BCUT2D eigenvalue weighted by Crippen LogP contribution is -2.37. The molecule has 0 atom stereocenters. The number of amides is 1. The van der Waals surface area contributed by atoms with E-state index < -0.39 is 0 Å². The smallest absolute Gasteiger partial charge is 0.239 e. The van der Waals surface area contributed by atoms with Gasteiger partial charge < -0.3 is 16.0 Å². The van der Waals surface area contributed by atoms with Crippen molar-refractivity contribution >= 4 is 28.8 Å². The van der Waals surface area contributed by atoms with Gasteiger partial charge in [-0.2, -0.15) is 0 Å². The van der Waals surface area contributed by atoms with Crippen molar-refractivity contribution < 1.29 is 4.79 Å². The molecule has 4 nitrogen and oxygen atoms in total. The van der Waals surface area contributed by atoms with E-state index in [-0.39, 0.29) is 12.5 Å². The zero-order valence-electron chi connectivity index (χ0n) is 12.6. The standard InChI is InChI=1S/C15H23N3OS/c1-10(2)8-17-13(19)9-18(4)14-11(3)6-5-7-12(14)15(16)20/h5-7,10H,8-9H2,1-4H3,(H2,16,20)(H,17,19). The molecule has 0 aliphatic heterocycles. The van der Waals surface area contributed by atoms with Crippen LogP contribution in [0.3, 0.4) is 0 Å². The Hall–Kier alpha value is -1.62. The molecule has 0 radical (unpaired) electrons. The van der Waals surface area contributed by atoms with Gasteiger partial charge in [0.1, 0.15) is 4.99 Å². The maximum absolute atomic E-state index is 11.9. The summed E-state index contributed by atoms with van der Waals surface area (Å²) in [6, 6.07) is 5.78. The largest absolute Gasteiger partial charge is 0.389 e. The summed E-state index contributed by atoms with van der Waals surface area (Å²) in [7, 11) is 1.87. The van der Waals surface area contributed by atoms with Crippen LogP contribution >= 0.6 is 12.2 Å². The lowest BCUT2D eigenvalue weighted by atomic mass is 10.1. The molecule has 1 aromatic carbocycles. The molecule has 110 valence electrons. The first-order valence-electron chi connectivity index (χ1n) is 6.70. The molecule has 1 rings (SSSR count). The molecule has 0 saturated carbocycles. The van der Waals surface area contributed by atoms with E-state index in [1.54, 1.807) is 0 Å². The van der Waals surface area contributed by atoms with Crippen LogP contribution in [0.15, 0.2) is 18.2 Å². The van der Waals surface area contributed by atoms with Crippen molar-refractivity contribution in [3.8, 4) is 0 Å². The Balaban J connectivity index is 2.84. The molecule has 5 heteroatoms. The monoisotopic (exact) mass is 293 g/mol. The average molecular weight is 293 g/mol. The lowest BCUT2D eigenvalue weighted by molar-refractivity contribution is -0.119. The molecule has 0 aromatic heterocycles. The van der Waals surface area contributed by atoms with Crippen molar-refractivity contribution in [2.45, 2.75) is 20.8 Å². The van der Waals surface area contributed by atoms with Crippen LogP contribution in [0.5, 0.6) is 0 Å². The second-order valence-corrected chi connectivity index (χ2v) is 5.83. The third kappa shape index (κ3) is 4.49. The van der Waals surface area contributed by atoms with Crippen LogP contribution in [-0.2, 0) is 4.79 Å². The van der Waals surface area contributed by atoms with Crippen LogP contribution in [0, 0.1) is 12.8 Å². The summed E-state index contributed by atoms with van der Waals surface area (Å²) in [6.07, 6.45) is 0. The number of hydrogen-bond donors (Lipinski definition) is 2. The number of rotatable bonds is 6. The molecule has 0 saturated heterocycles. The number of nitrogens with two attached hydrogens (primary N) is 1. The Morgan fingerprint density at radius 3 is 2.65 bits per heavy atom. The van der Waals surface area contributed by atoms with Crippen LogP contribution < -0.4 is 16.0 Å². The number of carbonyl (C=O) groups is 1. The van der Waals surface area contributed by atoms with Gasteiger partial charge in [0.2, 0.25) is 5.91 Å². The van der Waals surface area contributed by atoms with Gasteiger partial charge in [0.25, 0.3) is 0 Å². The van der Waals surface area contributed by atoms with Gasteiger partial charge in [-0.1, -0.05) is 38.2 Å². The summed E-state index contributed by atoms with van der Waals surface area (Å²) in [5.74, 6) is 0.438. The maximum Gasteiger partial charge on any atom is 0.239 e. The van der Waals surface area contributed by atoms with E-state index in [1.165, 1.54) is 0 Å². The summed E-state index contributed by atoms with van der Waals surface area (Å²) in [4.78, 5) is 14.1. The highest BCUT2D eigenvalue weighted by atomic mass is 32.1. The van der Waals surface area contributed by atoms with Crippen LogP contribution in [0.4, 0.5) is 5.69 Å². The number of aryl methyl sites for hydroxylation is 1. The fourth-order valence-electron chi connectivity index (χ4n) is 2.03. The fraction of sp³-hybridized carbons (Fsp3) is 0.467. The Bertz CT molecular complexity index is 500. The van der Waals surface area contributed by atoms with E-state index in [0.717, 1.165) is 16.8 Å². The van der Waals surface area contributed by atoms with Gasteiger partial charge >= 0.3 is 0 Å². The number of anilines is 1. The van der Waals surface area contributed by atoms with Crippen LogP contribution in [0.2, 0.25) is 0 Å². The van der Waals surface area contributed by atoms with Gasteiger partial charge in [0, 0.05) is 19.2 Å². The first kappa shape index (κ1) is 16.4. The van der Waals surface area contributed by atoms with Gasteiger partial charge in [-0.15, -0.1) is 0 Å². The number of likely N-dealkylation sites (N-methyl/N-ethyl adjacent to an activating group) is 1.